The van der Waals surface area contributed by atoms with E-state index in [1.807, 2.05) is 84.9 Å². The van der Waals surface area contributed by atoms with Crippen LogP contribution in [0.2, 0.25) is 0 Å². The van der Waals surface area contributed by atoms with Crippen molar-refractivity contribution >= 4 is 22.4 Å². The van der Waals surface area contributed by atoms with Gasteiger partial charge in [-0.3, -0.25) is 5.41 Å². The van der Waals surface area contributed by atoms with Gasteiger partial charge in [-0.2, -0.15) is 0 Å². The van der Waals surface area contributed by atoms with E-state index in [4.69, 9.17) is 20.6 Å². The minimum absolute atomic E-state index is 0.175. The largest absolute Gasteiger partial charge is 0.453 e. The van der Waals surface area contributed by atoms with Crippen LogP contribution >= 0.6 is 0 Å². The maximum absolute atomic E-state index is 8.04. The number of fused-ring (bicyclic) bond motifs is 2. The van der Waals surface area contributed by atoms with Crippen LogP contribution in [0.4, 0.5) is 0 Å². The number of aliphatic imine (C=N–C) groups is 1. The summed E-state index contributed by atoms with van der Waals surface area (Å²) in [5.74, 6) is 3.15. The van der Waals surface area contributed by atoms with E-state index < -0.39 is 0 Å². The third-order valence-corrected chi connectivity index (χ3v) is 4.74. The lowest BCUT2D eigenvalue weighted by Crippen LogP contribution is -2.10. The van der Waals surface area contributed by atoms with Crippen molar-refractivity contribution in [1.82, 2.24) is 0 Å². The number of hydrogen-bond donors (Lipinski definition) is 2. The fourth-order valence-corrected chi connectivity index (χ4v) is 3.35. The molecule has 5 rings (SSSR count). The Morgan fingerprint density at radius 1 is 0.655 bits per heavy atom. The Labute approximate surface area is 167 Å². The number of nitrogens with one attached hydrogen (secondary N) is 1. The van der Waals surface area contributed by atoms with E-state index in [0.29, 0.717) is 28.8 Å². The number of rotatable bonds is 4. The summed E-state index contributed by atoms with van der Waals surface area (Å²) in [4.78, 5) is 4.08. The van der Waals surface area contributed by atoms with Crippen molar-refractivity contribution in [3.8, 4) is 23.0 Å². The monoisotopic (exact) mass is 379 g/mol. The summed E-state index contributed by atoms with van der Waals surface area (Å²) >= 11 is 0. The van der Waals surface area contributed by atoms with Crippen molar-refractivity contribution in [3.63, 3.8) is 0 Å². The maximum Gasteiger partial charge on any atom is 0.170 e. The maximum atomic E-state index is 8.04. The summed E-state index contributed by atoms with van der Waals surface area (Å²) in [6.07, 6.45) is 0. The van der Waals surface area contributed by atoms with Crippen LogP contribution in [0.25, 0.3) is 10.8 Å². The highest BCUT2D eigenvalue weighted by Gasteiger charge is 2.20. The van der Waals surface area contributed by atoms with Crippen LogP contribution in [-0.2, 0) is 0 Å². The van der Waals surface area contributed by atoms with Gasteiger partial charge in [0.05, 0.1) is 0 Å². The van der Waals surface area contributed by atoms with Gasteiger partial charge in [-0.25, -0.2) is 4.99 Å². The van der Waals surface area contributed by atoms with Crippen molar-refractivity contribution in [2.45, 2.75) is 0 Å². The Morgan fingerprint density at radius 2 is 1.14 bits per heavy atom. The quantitative estimate of drug-likeness (QED) is 0.493. The molecule has 140 valence electrons. The van der Waals surface area contributed by atoms with Gasteiger partial charge >= 0.3 is 0 Å². The molecule has 4 aromatic carbocycles. The highest BCUT2D eigenvalue weighted by atomic mass is 16.5. The first-order valence-electron chi connectivity index (χ1n) is 9.18. The molecule has 29 heavy (non-hydrogen) atoms. The van der Waals surface area contributed by atoms with Crippen molar-refractivity contribution in [3.05, 3.63) is 96.1 Å². The van der Waals surface area contributed by atoms with Crippen LogP contribution in [0.15, 0.2) is 89.9 Å². The van der Waals surface area contributed by atoms with Gasteiger partial charge in [-0.05, 0) is 59.3 Å². The number of ether oxygens (including phenoxy) is 2. The normalized spacial score (nSPS) is 12.6. The number of nitrogens with two attached hydrogens (primary N) is 1. The molecule has 5 nitrogen and oxygen atoms in total. The Hall–Kier alpha value is -4.12. The summed E-state index contributed by atoms with van der Waals surface area (Å²) in [5, 5.41) is 9.89. The molecular weight excluding hydrogens is 362 g/mol. The predicted octanol–water partition coefficient (Wildman–Crippen LogP) is 5.47. The molecule has 0 fully saturated rings. The van der Waals surface area contributed by atoms with E-state index in [1.165, 1.54) is 0 Å². The minimum Gasteiger partial charge on any atom is -0.453 e. The molecule has 0 spiro atoms. The zero-order valence-corrected chi connectivity index (χ0v) is 15.4. The van der Waals surface area contributed by atoms with Crippen molar-refractivity contribution in [1.29, 1.82) is 5.41 Å². The van der Waals surface area contributed by atoms with Crippen LogP contribution in [0.5, 0.6) is 23.0 Å². The first-order chi connectivity index (χ1) is 14.2. The van der Waals surface area contributed by atoms with Gasteiger partial charge in [0.15, 0.2) is 17.3 Å². The summed E-state index contributed by atoms with van der Waals surface area (Å²) in [7, 11) is 0. The number of amidine groups is 2. The molecule has 0 bridgehead atoms. The molecule has 5 heteroatoms. The molecular formula is C24H17N3O2. The van der Waals surface area contributed by atoms with Gasteiger partial charge in [-0.1, -0.05) is 36.4 Å². The highest BCUT2D eigenvalue weighted by Crippen LogP contribution is 2.39. The lowest BCUT2D eigenvalue weighted by molar-refractivity contribution is 0.420. The molecule has 0 saturated carbocycles. The number of benzene rings is 4. The van der Waals surface area contributed by atoms with Gasteiger partial charge in [0, 0.05) is 11.1 Å². The van der Waals surface area contributed by atoms with E-state index in [0.717, 1.165) is 21.9 Å². The molecule has 3 N–H and O–H groups in total. The standard InChI is InChI=1S/C24H17N3O2/c25-23-19-11-15-13-21(28-17-7-3-1-4-8-17)22(29-18-9-5-2-6-10-18)14-16(15)12-20(19)24(26)27-23/h1-14H,(H3,25,26,27). The zero-order valence-electron chi connectivity index (χ0n) is 15.4. The fraction of sp³-hybridized carbons (Fsp3) is 0. The Bertz CT molecular complexity index is 1270. The van der Waals surface area contributed by atoms with Crippen LogP contribution in [0, 0.1) is 5.41 Å². The zero-order chi connectivity index (χ0) is 19.8. The second-order valence-corrected chi connectivity index (χ2v) is 6.72. The van der Waals surface area contributed by atoms with Gasteiger partial charge < -0.3 is 15.2 Å². The average Bonchev–Trinajstić information content (AvgIpc) is 3.01. The Morgan fingerprint density at radius 3 is 1.66 bits per heavy atom. The summed E-state index contributed by atoms with van der Waals surface area (Å²) < 4.78 is 12.3. The number of nitrogens with zero attached hydrogens (tertiary/aromatic N) is 1. The predicted molar refractivity (Wildman–Crippen MR) is 115 cm³/mol. The Kier molecular flexibility index (Phi) is 3.99. The third-order valence-electron chi connectivity index (χ3n) is 4.74. The molecule has 0 aromatic heterocycles. The first kappa shape index (κ1) is 17.0. The molecule has 1 aliphatic heterocycles. The summed E-state index contributed by atoms with van der Waals surface area (Å²) in [6.45, 7) is 0. The number of hydrogen-bond acceptors (Lipinski definition) is 4. The first-order valence-corrected chi connectivity index (χ1v) is 9.18. The van der Waals surface area contributed by atoms with Crippen LogP contribution in [-0.4, -0.2) is 11.7 Å². The molecule has 0 unspecified atom stereocenters. The van der Waals surface area contributed by atoms with Crippen molar-refractivity contribution < 1.29 is 9.47 Å². The third kappa shape index (κ3) is 3.19. The average molecular weight is 379 g/mol. The molecule has 0 aliphatic carbocycles. The molecule has 0 saturated heterocycles. The summed E-state index contributed by atoms with van der Waals surface area (Å²) in [6, 6.07) is 26.8. The highest BCUT2D eigenvalue weighted by molar-refractivity contribution is 6.22. The van der Waals surface area contributed by atoms with E-state index in [9.17, 15) is 0 Å². The topological polar surface area (TPSA) is 80.7 Å². The smallest absolute Gasteiger partial charge is 0.170 e. The van der Waals surface area contributed by atoms with E-state index in [-0.39, 0.29) is 5.84 Å². The minimum atomic E-state index is 0.175. The molecule has 0 radical (unpaired) electrons. The van der Waals surface area contributed by atoms with Gasteiger partial charge in [0.2, 0.25) is 0 Å². The van der Waals surface area contributed by atoms with Crippen LogP contribution < -0.4 is 15.2 Å². The molecule has 1 aliphatic rings. The van der Waals surface area contributed by atoms with E-state index >= 15 is 0 Å². The molecule has 4 aromatic rings. The molecule has 0 amide bonds. The molecule has 1 heterocycles. The Balaban J connectivity index is 1.65. The fourth-order valence-electron chi connectivity index (χ4n) is 3.35. The van der Waals surface area contributed by atoms with Crippen LogP contribution in [0.1, 0.15) is 11.1 Å². The number of para-hydroxylation sites is 2. The van der Waals surface area contributed by atoms with E-state index in [2.05, 4.69) is 4.99 Å². The second kappa shape index (κ2) is 6.80. The van der Waals surface area contributed by atoms with Crippen LogP contribution in [0.3, 0.4) is 0 Å². The summed E-state index contributed by atoms with van der Waals surface area (Å²) in [5.41, 5.74) is 7.46. The SMILES string of the molecule is N=C1N=C(N)c2cc3cc(Oc4ccccc4)c(Oc4ccccc4)cc3cc21. The van der Waals surface area contributed by atoms with Gasteiger partial charge in [-0.15, -0.1) is 0 Å². The lowest BCUT2D eigenvalue weighted by Gasteiger charge is -2.14. The second-order valence-electron chi connectivity index (χ2n) is 6.72. The van der Waals surface area contributed by atoms with E-state index in [1.54, 1.807) is 0 Å². The van der Waals surface area contributed by atoms with Crippen molar-refractivity contribution in [2.24, 2.45) is 10.7 Å². The molecule has 0 atom stereocenters. The van der Waals surface area contributed by atoms with Crippen molar-refractivity contribution in [2.75, 3.05) is 0 Å². The van der Waals surface area contributed by atoms with Gasteiger partial charge in [0.25, 0.3) is 0 Å². The lowest BCUT2D eigenvalue weighted by atomic mass is 10.0. The van der Waals surface area contributed by atoms with Gasteiger partial charge in [0.1, 0.15) is 17.3 Å².